The fourth-order valence-corrected chi connectivity index (χ4v) is 1.89. The molecule has 18 heavy (non-hydrogen) atoms. The Morgan fingerprint density at radius 3 is 2.83 bits per heavy atom. The smallest absolute Gasteiger partial charge is 0.246 e. The zero-order valence-electron chi connectivity index (χ0n) is 8.95. The first-order valence-electron chi connectivity index (χ1n) is 4.92. The molecular weight excluding hydrogens is 264 g/mol. The quantitative estimate of drug-likeness (QED) is 0.330. The van der Waals surface area contributed by atoms with Gasteiger partial charge < -0.3 is 20.1 Å². The third kappa shape index (κ3) is 2.41. The molecule has 98 valence electrons. The van der Waals surface area contributed by atoms with Gasteiger partial charge in [0, 0.05) is 0 Å². The van der Waals surface area contributed by atoms with Gasteiger partial charge in [-0.1, -0.05) is 11.3 Å². The molecule has 0 radical (unpaired) electrons. The molecule has 4 atom stereocenters. The van der Waals surface area contributed by atoms with E-state index in [4.69, 9.17) is 19.9 Å². The summed E-state index contributed by atoms with van der Waals surface area (Å²) in [6.07, 6.45) is -3.19. The summed E-state index contributed by atoms with van der Waals surface area (Å²) in [5, 5.41) is 44.9. The molecule has 1 aromatic heterocycles. The summed E-state index contributed by atoms with van der Waals surface area (Å²) in [5.74, 6) is 0. The molecule has 3 N–H and O–H groups in total. The standard InChI is InChI=1S/C8H10N4O5S/c9-2-12(8-11-10-3-18-8)17-7-6(15)5(14)4(1-13)16-7/h3-7,13-15H,1H2/t4-,5-,6-,7-/m1/s1. The van der Waals surface area contributed by atoms with Gasteiger partial charge in [0.25, 0.3) is 0 Å². The van der Waals surface area contributed by atoms with Gasteiger partial charge in [-0.3, -0.25) is 0 Å². The minimum Gasteiger partial charge on any atom is -0.394 e. The maximum absolute atomic E-state index is 9.62. The summed E-state index contributed by atoms with van der Waals surface area (Å²) in [5.41, 5.74) is 1.40. The van der Waals surface area contributed by atoms with Gasteiger partial charge >= 0.3 is 0 Å². The van der Waals surface area contributed by atoms with Crippen LogP contribution in [0.5, 0.6) is 0 Å². The van der Waals surface area contributed by atoms with Crippen molar-refractivity contribution in [3.63, 3.8) is 0 Å². The van der Waals surface area contributed by atoms with Crippen LogP contribution < -0.4 is 5.06 Å². The lowest BCUT2D eigenvalue weighted by Gasteiger charge is -2.18. The Morgan fingerprint density at radius 2 is 2.33 bits per heavy atom. The van der Waals surface area contributed by atoms with E-state index in [1.165, 1.54) is 5.51 Å². The van der Waals surface area contributed by atoms with E-state index in [-0.39, 0.29) is 5.13 Å². The van der Waals surface area contributed by atoms with E-state index in [0.29, 0.717) is 0 Å². The Kier molecular flexibility index (Phi) is 4.02. The third-order valence-corrected chi connectivity index (χ3v) is 2.98. The normalized spacial score (nSPS) is 31.2. The Bertz CT molecular complexity index is 424. The number of hydroxylamine groups is 1. The van der Waals surface area contributed by atoms with Crippen molar-refractivity contribution in [1.82, 2.24) is 10.2 Å². The molecule has 0 unspecified atom stereocenters. The average Bonchev–Trinajstić information content (AvgIpc) is 2.99. The van der Waals surface area contributed by atoms with Crippen molar-refractivity contribution in [1.29, 1.82) is 5.26 Å². The number of hydrogen-bond acceptors (Lipinski definition) is 10. The van der Waals surface area contributed by atoms with Crippen molar-refractivity contribution in [2.24, 2.45) is 0 Å². The largest absolute Gasteiger partial charge is 0.394 e. The molecule has 0 bridgehead atoms. The van der Waals surface area contributed by atoms with Crippen molar-refractivity contribution in [2.75, 3.05) is 11.7 Å². The molecule has 1 saturated heterocycles. The summed E-state index contributed by atoms with van der Waals surface area (Å²) in [6, 6.07) is 0. The van der Waals surface area contributed by atoms with E-state index in [0.717, 1.165) is 16.4 Å². The molecule has 0 saturated carbocycles. The molecule has 0 aromatic carbocycles. The van der Waals surface area contributed by atoms with E-state index in [9.17, 15) is 10.2 Å². The zero-order chi connectivity index (χ0) is 13.1. The second-order valence-electron chi connectivity index (χ2n) is 3.43. The van der Waals surface area contributed by atoms with E-state index in [1.54, 1.807) is 6.19 Å². The van der Waals surface area contributed by atoms with Crippen LogP contribution in [0.25, 0.3) is 0 Å². The summed E-state index contributed by atoms with van der Waals surface area (Å²) >= 11 is 1.05. The second-order valence-corrected chi connectivity index (χ2v) is 4.24. The number of aliphatic hydroxyl groups is 3. The van der Waals surface area contributed by atoms with E-state index < -0.39 is 31.2 Å². The van der Waals surface area contributed by atoms with Gasteiger partial charge in [0.05, 0.1) is 6.61 Å². The van der Waals surface area contributed by atoms with Crippen LogP contribution in [0.3, 0.4) is 0 Å². The van der Waals surface area contributed by atoms with E-state index >= 15 is 0 Å². The molecule has 10 heteroatoms. The Morgan fingerprint density at radius 1 is 1.56 bits per heavy atom. The number of aromatic nitrogens is 2. The van der Waals surface area contributed by atoms with E-state index in [2.05, 4.69) is 10.2 Å². The lowest BCUT2D eigenvalue weighted by Crippen LogP contribution is -2.37. The summed E-state index contributed by atoms with van der Waals surface area (Å²) < 4.78 is 5.06. The summed E-state index contributed by atoms with van der Waals surface area (Å²) in [6.45, 7) is -0.469. The number of nitrogens with zero attached hydrogens (tertiary/aromatic N) is 4. The molecule has 0 amide bonds. The fourth-order valence-electron chi connectivity index (χ4n) is 1.42. The molecule has 1 aliphatic rings. The maximum atomic E-state index is 9.62. The Labute approximate surface area is 105 Å². The highest BCUT2D eigenvalue weighted by atomic mass is 32.1. The topological polar surface area (TPSA) is 132 Å². The summed E-state index contributed by atoms with van der Waals surface area (Å²) in [7, 11) is 0. The van der Waals surface area contributed by atoms with Crippen LogP contribution in [0.2, 0.25) is 0 Å². The van der Waals surface area contributed by atoms with Crippen molar-refractivity contribution >= 4 is 16.5 Å². The van der Waals surface area contributed by atoms with Crippen molar-refractivity contribution in [2.45, 2.75) is 24.6 Å². The lowest BCUT2D eigenvalue weighted by molar-refractivity contribution is -0.169. The molecule has 0 spiro atoms. The van der Waals surface area contributed by atoms with Gasteiger partial charge in [0.1, 0.15) is 23.8 Å². The van der Waals surface area contributed by atoms with Gasteiger partial charge in [-0.25, -0.2) is 4.84 Å². The molecule has 0 aliphatic carbocycles. The molecule has 1 aliphatic heterocycles. The molecule has 2 heterocycles. The minimum atomic E-state index is -1.37. The molecule has 2 rings (SSSR count). The van der Waals surface area contributed by atoms with Gasteiger partial charge in [-0.15, -0.1) is 15.3 Å². The van der Waals surface area contributed by atoms with Crippen LogP contribution in [-0.4, -0.2) is 56.7 Å². The number of rotatable bonds is 4. The van der Waals surface area contributed by atoms with Gasteiger partial charge in [-0.05, 0) is 0 Å². The summed E-state index contributed by atoms with van der Waals surface area (Å²) in [4.78, 5) is 5.06. The van der Waals surface area contributed by atoms with Crippen molar-refractivity contribution in [3.05, 3.63) is 5.51 Å². The highest BCUT2D eigenvalue weighted by Crippen LogP contribution is 2.25. The first-order valence-corrected chi connectivity index (χ1v) is 5.80. The SMILES string of the molecule is N#CN(O[C@H]1O[C@H](CO)[C@@H](O)[C@H]1O)c1nncs1. The number of ether oxygens (including phenoxy) is 1. The number of anilines is 1. The predicted molar refractivity (Wildman–Crippen MR) is 56.8 cm³/mol. The van der Waals surface area contributed by atoms with Crippen LogP contribution in [0.15, 0.2) is 5.51 Å². The van der Waals surface area contributed by atoms with Crippen LogP contribution in [0.1, 0.15) is 0 Å². The van der Waals surface area contributed by atoms with Crippen LogP contribution in [0.4, 0.5) is 5.13 Å². The highest BCUT2D eigenvalue weighted by Gasteiger charge is 2.44. The average molecular weight is 274 g/mol. The van der Waals surface area contributed by atoms with E-state index in [1.807, 2.05) is 0 Å². The molecular formula is C8H10N4O5S. The van der Waals surface area contributed by atoms with Crippen molar-refractivity contribution in [3.8, 4) is 6.19 Å². The maximum Gasteiger partial charge on any atom is 0.246 e. The van der Waals surface area contributed by atoms with Gasteiger partial charge in [-0.2, -0.15) is 5.26 Å². The van der Waals surface area contributed by atoms with Gasteiger partial charge in [0.2, 0.25) is 17.6 Å². The Hall–Kier alpha value is -1.35. The molecule has 9 nitrogen and oxygen atoms in total. The molecule has 1 fully saturated rings. The second kappa shape index (κ2) is 5.53. The first-order chi connectivity index (χ1) is 8.67. The van der Waals surface area contributed by atoms with Crippen LogP contribution >= 0.6 is 11.3 Å². The fraction of sp³-hybridized carbons (Fsp3) is 0.625. The van der Waals surface area contributed by atoms with Gasteiger partial charge in [0.15, 0.2) is 0 Å². The number of nitriles is 1. The molecule has 1 aromatic rings. The van der Waals surface area contributed by atoms with Crippen molar-refractivity contribution < 1.29 is 24.9 Å². The zero-order valence-corrected chi connectivity index (χ0v) is 9.77. The first kappa shape index (κ1) is 13.1. The lowest BCUT2D eigenvalue weighted by atomic mass is 10.1. The monoisotopic (exact) mass is 274 g/mol. The third-order valence-electron chi connectivity index (χ3n) is 2.32. The number of aliphatic hydroxyl groups excluding tert-OH is 3. The minimum absolute atomic E-state index is 0.162. The predicted octanol–water partition coefficient (Wildman–Crippen LogP) is -1.80. The Balaban J connectivity index is 2.03. The van der Waals surface area contributed by atoms with Crippen LogP contribution in [0, 0.1) is 11.5 Å². The van der Waals surface area contributed by atoms with Crippen LogP contribution in [-0.2, 0) is 9.57 Å². The highest BCUT2D eigenvalue weighted by molar-refractivity contribution is 7.13. The number of hydrogen-bond donors (Lipinski definition) is 3.